The topological polar surface area (TPSA) is 29.5 Å². The Morgan fingerprint density at radius 1 is 1.50 bits per heavy atom. The fraction of sp³-hybridized carbons (Fsp3) is 1.00. The number of ether oxygens (including phenoxy) is 1. The summed E-state index contributed by atoms with van der Waals surface area (Å²) >= 11 is 15.4. The second-order valence-corrected chi connectivity index (χ2v) is 3.50. The summed E-state index contributed by atoms with van der Waals surface area (Å²) in [5.41, 5.74) is 0. The first-order chi connectivity index (χ1) is 3.48. The molecule has 1 atom stereocenters. The first kappa shape index (κ1) is 8.79. The average molecular weight is 179 g/mol. The van der Waals surface area contributed by atoms with E-state index in [-0.39, 0.29) is 0 Å². The fourth-order valence-corrected chi connectivity index (χ4v) is 0.401. The van der Waals surface area contributed by atoms with Crippen LogP contribution < -0.4 is 0 Å². The highest BCUT2D eigenvalue weighted by atomic mass is 35.6. The lowest BCUT2D eigenvalue weighted by Crippen LogP contribution is -2.26. The molecule has 0 aliphatic carbocycles. The second kappa shape index (κ2) is 3.08. The minimum atomic E-state index is -1.74. The van der Waals surface area contributed by atoms with Gasteiger partial charge in [0, 0.05) is 7.11 Å². The Labute approximate surface area is 62.3 Å². The Morgan fingerprint density at radius 3 is 1.88 bits per heavy atom. The summed E-state index contributed by atoms with van der Waals surface area (Å²) in [6.07, 6.45) is -1.35. The molecule has 0 aromatic carbocycles. The molecule has 0 saturated carbocycles. The number of hydrogen-bond acceptors (Lipinski definition) is 2. The van der Waals surface area contributed by atoms with Gasteiger partial charge in [-0.25, -0.2) is 0 Å². The van der Waals surface area contributed by atoms with Crippen molar-refractivity contribution in [2.24, 2.45) is 0 Å². The zero-order chi connectivity index (χ0) is 6.78. The maximum Gasteiger partial charge on any atom is 0.240 e. The van der Waals surface area contributed by atoms with E-state index in [1.54, 1.807) is 0 Å². The van der Waals surface area contributed by atoms with Gasteiger partial charge in [0.15, 0.2) is 0 Å². The van der Waals surface area contributed by atoms with Crippen molar-refractivity contribution >= 4 is 34.8 Å². The highest BCUT2D eigenvalue weighted by molar-refractivity contribution is 6.67. The van der Waals surface area contributed by atoms with Crippen molar-refractivity contribution in [2.45, 2.75) is 10.1 Å². The number of hydrogen-bond donors (Lipinski definition) is 1. The normalized spacial score (nSPS) is 16.1. The first-order valence-electron chi connectivity index (χ1n) is 1.76. The summed E-state index contributed by atoms with van der Waals surface area (Å²) < 4.78 is 2.53. The van der Waals surface area contributed by atoms with Crippen LogP contribution in [0.25, 0.3) is 0 Å². The van der Waals surface area contributed by atoms with Gasteiger partial charge in [-0.3, -0.25) is 0 Å². The number of halogens is 3. The van der Waals surface area contributed by atoms with Crippen molar-refractivity contribution < 1.29 is 9.84 Å². The van der Waals surface area contributed by atoms with E-state index >= 15 is 0 Å². The molecule has 0 aliphatic heterocycles. The monoisotopic (exact) mass is 178 g/mol. The molecule has 2 nitrogen and oxygen atoms in total. The smallest absolute Gasteiger partial charge is 0.240 e. The van der Waals surface area contributed by atoms with Crippen LogP contribution in [0.2, 0.25) is 0 Å². The molecule has 8 heavy (non-hydrogen) atoms. The van der Waals surface area contributed by atoms with Crippen LogP contribution in [0, 0.1) is 0 Å². The Balaban J connectivity index is 3.62. The van der Waals surface area contributed by atoms with Crippen molar-refractivity contribution in [1.82, 2.24) is 0 Å². The largest absolute Gasteiger partial charge is 0.365 e. The van der Waals surface area contributed by atoms with Crippen molar-refractivity contribution in [1.29, 1.82) is 0 Å². The Hall–Kier alpha value is 0.790. The molecule has 5 heteroatoms. The van der Waals surface area contributed by atoms with Gasteiger partial charge >= 0.3 is 0 Å². The molecule has 0 aromatic rings. The summed E-state index contributed by atoms with van der Waals surface area (Å²) in [4.78, 5) is 0. The van der Waals surface area contributed by atoms with Gasteiger partial charge in [-0.05, 0) is 0 Å². The lowest BCUT2D eigenvalue weighted by atomic mass is 10.7. The molecule has 0 aromatic heterocycles. The van der Waals surface area contributed by atoms with Crippen molar-refractivity contribution in [3.63, 3.8) is 0 Å². The quantitative estimate of drug-likeness (QED) is 0.486. The number of aliphatic hydroxyl groups excluding tert-OH is 1. The highest BCUT2D eigenvalue weighted by Gasteiger charge is 2.30. The molecule has 0 aliphatic rings. The molecule has 0 radical (unpaired) electrons. The molecule has 0 spiro atoms. The van der Waals surface area contributed by atoms with Crippen LogP contribution in [-0.4, -0.2) is 22.3 Å². The minimum Gasteiger partial charge on any atom is -0.365 e. The Morgan fingerprint density at radius 2 is 1.88 bits per heavy atom. The molecule has 0 bridgehead atoms. The van der Waals surface area contributed by atoms with Crippen LogP contribution in [0.15, 0.2) is 0 Å². The van der Waals surface area contributed by atoms with Crippen LogP contribution >= 0.6 is 34.8 Å². The predicted molar refractivity (Wildman–Crippen MR) is 33.3 cm³/mol. The van der Waals surface area contributed by atoms with E-state index < -0.39 is 10.1 Å². The van der Waals surface area contributed by atoms with Crippen LogP contribution in [0.4, 0.5) is 0 Å². The summed E-state index contributed by atoms with van der Waals surface area (Å²) in [6, 6.07) is 0. The molecule has 0 unspecified atom stereocenters. The van der Waals surface area contributed by atoms with Crippen molar-refractivity contribution in [3.05, 3.63) is 0 Å². The van der Waals surface area contributed by atoms with E-state index in [2.05, 4.69) is 4.74 Å². The average Bonchev–Trinajstić information content (AvgIpc) is 1.62. The molecule has 1 N–H and O–H groups in total. The summed E-state index contributed by atoms with van der Waals surface area (Å²) in [5.74, 6) is 0. The first-order valence-corrected chi connectivity index (χ1v) is 2.89. The van der Waals surface area contributed by atoms with E-state index in [4.69, 9.17) is 39.9 Å². The van der Waals surface area contributed by atoms with Gasteiger partial charge in [0.2, 0.25) is 10.1 Å². The lowest BCUT2D eigenvalue weighted by molar-refractivity contribution is -0.0696. The molecular weight excluding hydrogens is 174 g/mol. The van der Waals surface area contributed by atoms with Gasteiger partial charge < -0.3 is 9.84 Å². The van der Waals surface area contributed by atoms with Gasteiger partial charge in [0.05, 0.1) is 0 Å². The van der Waals surface area contributed by atoms with E-state index in [1.807, 2.05) is 0 Å². The third-order valence-corrected chi connectivity index (χ3v) is 1.06. The zero-order valence-electron chi connectivity index (χ0n) is 4.07. The predicted octanol–water partition coefficient (Wildman–Crippen LogP) is 1.32. The van der Waals surface area contributed by atoms with Crippen molar-refractivity contribution in [3.8, 4) is 0 Å². The Kier molecular flexibility index (Phi) is 3.39. The van der Waals surface area contributed by atoms with Gasteiger partial charge in [0.1, 0.15) is 0 Å². The number of rotatable bonds is 1. The maximum absolute atomic E-state index is 8.58. The molecule has 0 heterocycles. The summed E-state index contributed by atoms with van der Waals surface area (Å²) in [5, 5.41) is 8.58. The maximum atomic E-state index is 8.58. The van der Waals surface area contributed by atoms with Crippen LogP contribution in [0.1, 0.15) is 0 Å². The minimum absolute atomic E-state index is 1.24. The van der Waals surface area contributed by atoms with Gasteiger partial charge in [0.25, 0.3) is 0 Å². The number of alkyl halides is 3. The summed E-state index contributed by atoms with van der Waals surface area (Å²) in [6.45, 7) is 0. The fourth-order valence-electron chi connectivity index (χ4n) is 0.134. The molecule has 50 valence electrons. The third-order valence-electron chi connectivity index (χ3n) is 0.503. The van der Waals surface area contributed by atoms with E-state index in [0.717, 1.165) is 0 Å². The van der Waals surface area contributed by atoms with Gasteiger partial charge in [-0.15, -0.1) is 0 Å². The molecular formula is C3H5Cl3O2. The van der Waals surface area contributed by atoms with Crippen LogP contribution in [0.3, 0.4) is 0 Å². The molecule has 0 fully saturated rings. The third kappa shape index (κ3) is 2.95. The van der Waals surface area contributed by atoms with E-state index in [0.29, 0.717) is 0 Å². The second-order valence-electron chi connectivity index (χ2n) is 1.13. The van der Waals surface area contributed by atoms with Crippen LogP contribution in [-0.2, 0) is 4.74 Å². The van der Waals surface area contributed by atoms with Gasteiger partial charge in [-0.2, -0.15) is 0 Å². The van der Waals surface area contributed by atoms with Gasteiger partial charge in [-0.1, -0.05) is 34.8 Å². The molecule has 0 rings (SSSR count). The van der Waals surface area contributed by atoms with Crippen LogP contribution in [0.5, 0.6) is 0 Å². The molecule has 0 amide bonds. The number of aliphatic hydroxyl groups is 1. The van der Waals surface area contributed by atoms with E-state index in [9.17, 15) is 0 Å². The van der Waals surface area contributed by atoms with Crippen molar-refractivity contribution in [2.75, 3.05) is 7.11 Å². The Bertz CT molecular complexity index is 69.4. The SMILES string of the molecule is CO[C@H](O)C(Cl)(Cl)Cl. The van der Waals surface area contributed by atoms with E-state index in [1.165, 1.54) is 7.11 Å². The number of methoxy groups -OCH3 is 1. The summed E-state index contributed by atoms with van der Waals surface area (Å²) in [7, 11) is 1.24. The lowest BCUT2D eigenvalue weighted by Gasteiger charge is -2.15. The highest BCUT2D eigenvalue weighted by Crippen LogP contribution is 2.30. The zero-order valence-corrected chi connectivity index (χ0v) is 6.33. The standard InChI is InChI=1S/C3H5Cl3O2/c1-8-2(7)3(4,5)6/h2,7H,1H3/t2-/m0/s1. The molecule has 0 saturated heterocycles.